The standard InChI is InChI=1S/C14H10O5S.Ni/c15-13(16)9-1-5-11(6-2-9)20(19)12-7-3-10(4-8-12)14(17)18;/h1-8H,(H,15,16)(H,17,18);/q;+2/p-2. The zero-order valence-corrected chi connectivity index (χ0v) is 12.2. The second kappa shape index (κ2) is 7.15. The van der Waals surface area contributed by atoms with E-state index in [4.69, 9.17) is 0 Å². The van der Waals surface area contributed by atoms with Crippen LogP contribution < -0.4 is 10.2 Å². The molecule has 0 aliphatic rings. The molecule has 0 atom stereocenters. The van der Waals surface area contributed by atoms with Crippen LogP contribution in [0.25, 0.3) is 0 Å². The molecule has 0 saturated carbocycles. The van der Waals surface area contributed by atoms with Gasteiger partial charge in [-0.25, -0.2) is 4.21 Å². The summed E-state index contributed by atoms with van der Waals surface area (Å²) in [6.07, 6.45) is 0. The minimum Gasteiger partial charge on any atom is -0.545 e. The van der Waals surface area contributed by atoms with E-state index in [1.807, 2.05) is 0 Å². The van der Waals surface area contributed by atoms with E-state index in [2.05, 4.69) is 0 Å². The van der Waals surface area contributed by atoms with Gasteiger partial charge in [0.15, 0.2) is 0 Å². The summed E-state index contributed by atoms with van der Waals surface area (Å²) in [5.74, 6) is -2.61. The number of carboxylic acid groups (broad SMARTS) is 2. The van der Waals surface area contributed by atoms with Gasteiger partial charge in [-0.2, -0.15) is 0 Å². The van der Waals surface area contributed by atoms with E-state index in [1.54, 1.807) is 0 Å². The number of hydrogen-bond donors (Lipinski definition) is 0. The summed E-state index contributed by atoms with van der Waals surface area (Å²) in [6, 6.07) is 10.9. The largest absolute Gasteiger partial charge is 2.00 e. The van der Waals surface area contributed by atoms with Crippen LogP contribution in [0.2, 0.25) is 0 Å². The summed E-state index contributed by atoms with van der Waals surface area (Å²) in [4.78, 5) is 22.0. The molecule has 2 aromatic carbocycles. The van der Waals surface area contributed by atoms with E-state index in [0.717, 1.165) is 0 Å². The Kier molecular flexibility index (Phi) is 5.82. The normalized spacial score (nSPS) is 9.95. The van der Waals surface area contributed by atoms with Gasteiger partial charge < -0.3 is 19.8 Å². The summed E-state index contributed by atoms with van der Waals surface area (Å²) in [5.41, 5.74) is -0.00361. The molecule has 0 amide bonds. The van der Waals surface area contributed by atoms with Crippen LogP contribution in [0.4, 0.5) is 0 Å². The topological polar surface area (TPSA) is 97.3 Å². The monoisotopic (exact) mass is 346 g/mol. The molecule has 0 N–H and O–H groups in total. The first-order chi connectivity index (χ1) is 9.49. The van der Waals surface area contributed by atoms with Crippen molar-refractivity contribution in [1.82, 2.24) is 0 Å². The fourth-order valence-electron chi connectivity index (χ4n) is 1.57. The summed E-state index contributed by atoms with van der Waals surface area (Å²) < 4.78 is 12.2. The maximum Gasteiger partial charge on any atom is 2.00 e. The van der Waals surface area contributed by atoms with Gasteiger partial charge in [0.1, 0.15) is 0 Å². The van der Waals surface area contributed by atoms with Crippen LogP contribution in [0, 0.1) is 0 Å². The van der Waals surface area contributed by atoms with Crippen molar-refractivity contribution in [2.24, 2.45) is 0 Å². The van der Waals surface area contributed by atoms with E-state index < -0.39 is 22.7 Å². The first-order valence-corrected chi connectivity index (χ1v) is 6.68. The number of aromatic carboxylic acids is 2. The first kappa shape index (κ1) is 17.1. The number of carbonyl (C=O) groups excluding carboxylic acids is 2. The average Bonchev–Trinajstić information content (AvgIpc) is 2.46. The number of hydrogen-bond acceptors (Lipinski definition) is 5. The molecule has 0 aliphatic heterocycles. The first-order valence-electron chi connectivity index (χ1n) is 5.53. The summed E-state index contributed by atoms with van der Waals surface area (Å²) in [7, 11) is -1.52. The fraction of sp³-hybridized carbons (Fsp3) is 0. The molecule has 0 bridgehead atoms. The Morgan fingerprint density at radius 1 is 0.714 bits per heavy atom. The molecule has 2 aromatic rings. The van der Waals surface area contributed by atoms with Gasteiger partial charge in [-0.3, -0.25) is 0 Å². The van der Waals surface area contributed by atoms with Crippen molar-refractivity contribution in [1.29, 1.82) is 0 Å². The molecule has 0 fully saturated rings. The van der Waals surface area contributed by atoms with Crippen LogP contribution in [0.3, 0.4) is 0 Å². The van der Waals surface area contributed by atoms with Crippen LogP contribution in [-0.4, -0.2) is 16.1 Å². The SMILES string of the molecule is O=C([O-])c1ccc(S(=O)c2ccc(C(=O)[O-])cc2)cc1.[Ni+2]. The van der Waals surface area contributed by atoms with Gasteiger partial charge in [-0.05, 0) is 35.4 Å². The van der Waals surface area contributed by atoms with E-state index >= 15 is 0 Å². The molecule has 0 saturated heterocycles. The molecule has 0 radical (unpaired) electrons. The molecule has 2 rings (SSSR count). The Bertz CT molecular complexity index is 620. The number of carboxylic acids is 2. The molecular weight excluding hydrogens is 339 g/mol. The number of carbonyl (C=O) groups is 2. The van der Waals surface area contributed by atoms with E-state index in [0.29, 0.717) is 9.79 Å². The molecule has 0 heterocycles. The van der Waals surface area contributed by atoms with Gasteiger partial charge >= 0.3 is 16.5 Å². The second-order valence-electron chi connectivity index (χ2n) is 3.89. The van der Waals surface area contributed by atoms with Crippen molar-refractivity contribution in [2.75, 3.05) is 0 Å². The summed E-state index contributed by atoms with van der Waals surface area (Å²) in [5, 5.41) is 21.2. The Morgan fingerprint density at radius 2 is 1.00 bits per heavy atom. The fourth-order valence-corrected chi connectivity index (χ4v) is 2.60. The molecule has 0 unspecified atom stereocenters. The quantitative estimate of drug-likeness (QED) is 0.700. The molecule has 5 nitrogen and oxygen atoms in total. The predicted molar refractivity (Wildman–Crippen MR) is 66.2 cm³/mol. The van der Waals surface area contributed by atoms with Crippen LogP contribution in [0.15, 0.2) is 58.3 Å². The van der Waals surface area contributed by atoms with Crippen molar-refractivity contribution < 1.29 is 40.5 Å². The zero-order chi connectivity index (χ0) is 14.7. The van der Waals surface area contributed by atoms with E-state index in [-0.39, 0.29) is 27.6 Å². The molecule has 0 aromatic heterocycles. The van der Waals surface area contributed by atoms with Crippen molar-refractivity contribution in [2.45, 2.75) is 9.79 Å². The summed E-state index contributed by atoms with van der Waals surface area (Å²) in [6.45, 7) is 0. The third kappa shape index (κ3) is 4.00. The van der Waals surface area contributed by atoms with Crippen molar-refractivity contribution in [3.05, 3.63) is 59.7 Å². The number of benzene rings is 2. The van der Waals surface area contributed by atoms with Crippen LogP contribution >= 0.6 is 0 Å². The molecule has 110 valence electrons. The van der Waals surface area contributed by atoms with E-state index in [9.17, 15) is 24.0 Å². The Hall–Kier alpha value is -1.98. The Labute approximate surface area is 133 Å². The predicted octanol–water partition coefficient (Wildman–Crippen LogP) is -0.422. The molecular formula is C14H8NiO5S. The second-order valence-corrected chi connectivity index (χ2v) is 5.37. The molecule has 0 aliphatic carbocycles. The van der Waals surface area contributed by atoms with Crippen molar-refractivity contribution in [3.8, 4) is 0 Å². The van der Waals surface area contributed by atoms with Crippen molar-refractivity contribution in [3.63, 3.8) is 0 Å². The summed E-state index contributed by atoms with van der Waals surface area (Å²) >= 11 is 0. The minimum atomic E-state index is -1.52. The third-order valence-corrected chi connectivity index (χ3v) is 4.01. The number of rotatable bonds is 4. The smallest absolute Gasteiger partial charge is 0.545 e. The Morgan fingerprint density at radius 3 is 1.24 bits per heavy atom. The van der Waals surface area contributed by atoms with Gasteiger partial charge in [-0.1, -0.05) is 24.3 Å². The van der Waals surface area contributed by atoms with E-state index in [1.165, 1.54) is 48.5 Å². The maximum absolute atomic E-state index is 12.2. The van der Waals surface area contributed by atoms with Crippen LogP contribution in [-0.2, 0) is 27.3 Å². The zero-order valence-electron chi connectivity index (χ0n) is 10.4. The van der Waals surface area contributed by atoms with Crippen molar-refractivity contribution >= 4 is 22.7 Å². The van der Waals surface area contributed by atoms with Gasteiger partial charge in [0, 0.05) is 9.79 Å². The average molecular weight is 347 g/mol. The van der Waals surface area contributed by atoms with Gasteiger partial charge in [0.2, 0.25) is 0 Å². The van der Waals surface area contributed by atoms with Gasteiger partial charge in [0.05, 0.1) is 22.7 Å². The molecule has 7 heteroatoms. The maximum atomic E-state index is 12.2. The van der Waals surface area contributed by atoms with Crippen LogP contribution in [0.5, 0.6) is 0 Å². The van der Waals surface area contributed by atoms with Crippen LogP contribution in [0.1, 0.15) is 20.7 Å². The Balaban J connectivity index is 0.00000220. The molecule has 0 spiro atoms. The molecule has 21 heavy (non-hydrogen) atoms. The van der Waals surface area contributed by atoms with Gasteiger partial charge in [0.25, 0.3) is 0 Å². The van der Waals surface area contributed by atoms with Gasteiger partial charge in [-0.15, -0.1) is 0 Å². The third-order valence-electron chi connectivity index (χ3n) is 2.61. The minimum absolute atomic E-state index is 0.